The molecule has 0 spiro atoms. The minimum atomic E-state index is -0.229. The molecule has 1 amide bonds. The number of nitrogens with zero attached hydrogens (tertiary/aromatic N) is 3. The second-order valence-electron chi connectivity index (χ2n) is 6.41. The van der Waals surface area contributed by atoms with Gasteiger partial charge in [-0.2, -0.15) is 0 Å². The van der Waals surface area contributed by atoms with E-state index in [1.165, 1.54) is 31.2 Å². The highest BCUT2D eigenvalue weighted by Gasteiger charge is 2.13. The first-order chi connectivity index (χ1) is 11.6. The highest BCUT2D eigenvalue weighted by atomic mass is 16.1. The predicted molar refractivity (Wildman–Crippen MR) is 96.6 cm³/mol. The summed E-state index contributed by atoms with van der Waals surface area (Å²) in [6.45, 7) is 6.11. The average molecular weight is 324 g/mol. The summed E-state index contributed by atoms with van der Waals surface area (Å²) in [5.74, 6) is 0.632. The van der Waals surface area contributed by atoms with E-state index in [1.807, 2.05) is 32.0 Å². The molecule has 2 heterocycles. The minimum Gasteiger partial charge on any atom is -0.355 e. The monoisotopic (exact) mass is 324 g/mol. The Morgan fingerprint density at radius 3 is 2.38 bits per heavy atom. The Morgan fingerprint density at radius 2 is 1.75 bits per heavy atom. The lowest BCUT2D eigenvalue weighted by atomic mass is 10.1. The van der Waals surface area contributed by atoms with E-state index >= 15 is 0 Å². The number of carbonyl (C=O) groups excluding carboxylic acids is 1. The molecule has 24 heavy (non-hydrogen) atoms. The third kappa shape index (κ3) is 3.91. The molecule has 0 bridgehead atoms. The zero-order chi connectivity index (χ0) is 16.9. The van der Waals surface area contributed by atoms with Crippen LogP contribution in [0.1, 0.15) is 47.3 Å². The molecule has 0 radical (unpaired) electrons. The molecule has 0 atom stereocenters. The molecule has 1 N–H and O–H groups in total. The van der Waals surface area contributed by atoms with Crippen LogP contribution in [0.15, 0.2) is 30.6 Å². The Kier molecular flexibility index (Phi) is 5.08. The number of aromatic nitrogens is 2. The molecule has 1 fully saturated rings. The smallest absolute Gasteiger partial charge is 0.275 e. The zero-order valence-electron chi connectivity index (χ0n) is 14.4. The van der Waals surface area contributed by atoms with Gasteiger partial charge in [0.1, 0.15) is 11.5 Å². The fourth-order valence-corrected chi connectivity index (χ4v) is 2.92. The maximum atomic E-state index is 12.3. The van der Waals surface area contributed by atoms with Crippen molar-refractivity contribution in [2.24, 2.45) is 0 Å². The van der Waals surface area contributed by atoms with Gasteiger partial charge in [-0.05, 0) is 49.9 Å². The molecule has 0 saturated carbocycles. The van der Waals surface area contributed by atoms with Crippen molar-refractivity contribution in [3.63, 3.8) is 0 Å². The van der Waals surface area contributed by atoms with E-state index in [4.69, 9.17) is 0 Å². The normalized spacial score (nSPS) is 15.0. The quantitative estimate of drug-likeness (QED) is 0.934. The number of anilines is 2. The van der Waals surface area contributed by atoms with Gasteiger partial charge in [0.25, 0.3) is 5.91 Å². The Balaban J connectivity index is 1.68. The Bertz CT molecular complexity index is 704. The van der Waals surface area contributed by atoms with Crippen LogP contribution in [0.2, 0.25) is 0 Å². The van der Waals surface area contributed by atoms with Crippen LogP contribution in [0.4, 0.5) is 11.5 Å². The highest BCUT2D eigenvalue weighted by molar-refractivity contribution is 6.02. The van der Waals surface area contributed by atoms with Gasteiger partial charge < -0.3 is 10.2 Å². The van der Waals surface area contributed by atoms with Gasteiger partial charge >= 0.3 is 0 Å². The number of aryl methyl sites for hydroxylation is 2. The molecule has 3 rings (SSSR count). The summed E-state index contributed by atoms with van der Waals surface area (Å²) >= 11 is 0. The van der Waals surface area contributed by atoms with Gasteiger partial charge in [0.05, 0.1) is 12.4 Å². The van der Waals surface area contributed by atoms with Crippen molar-refractivity contribution in [2.75, 3.05) is 23.3 Å². The van der Waals surface area contributed by atoms with Crippen LogP contribution in [0.5, 0.6) is 0 Å². The van der Waals surface area contributed by atoms with E-state index in [-0.39, 0.29) is 5.91 Å². The minimum absolute atomic E-state index is 0.229. The van der Waals surface area contributed by atoms with Crippen LogP contribution in [0, 0.1) is 13.8 Å². The van der Waals surface area contributed by atoms with Crippen molar-refractivity contribution in [3.8, 4) is 0 Å². The van der Waals surface area contributed by atoms with Crippen LogP contribution in [0.25, 0.3) is 0 Å². The van der Waals surface area contributed by atoms with Gasteiger partial charge in [-0.15, -0.1) is 0 Å². The van der Waals surface area contributed by atoms with Gasteiger partial charge in [0.2, 0.25) is 0 Å². The topological polar surface area (TPSA) is 58.1 Å². The molecule has 1 saturated heterocycles. The maximum Gasteiger partial charge on any atom is 0.275 e. The van der Waals surface area contributed by atoms with Gasteiger partial charge in [0, 0.05) is 18.8 Å². The Labute approximate surface area is 143 Å². The number of carbonyl (C=O) groups is 1. The SMILES string of the molecule is Cc1ccc(NC(=O)c2cnc(N3CCCCCC3)cn2)cc1C. The Morgan fingerprint density at radius 1 is 1.00 bits per heavy atom. The van der Waals surface area contributed by atoms with Crippen LogP contribution < -0.4 is 10.2 Å². The fourth-order valence-electron chi connectivity index (χ4n) is 2.92. The van der Waals surface area contributed by atoms with Crippen molar-refractivity contribution in [1.29, 1.82) is 0 Å². The first-order valence-electron chi connectivity index (χ1n) is 8.59. The van der Waals surface area contributed by atoms with Crippen LogP contribution in [0.3, 0.4) is 0 Å². The summed E-state index contributed by atoms with van der Waals surface area (Å²) in [7, 11) is 0. The Hall–Kier alpha value is -2.43. The summed E-state index contributed by atoms with van der Waals surface area (Å²) in [6, 6.07) is 5.87. The lowest BCUT2D eigenvalue weighted by Crippen LogP contribution is -2.25. The average Bonchev–Trinajstić information content (AvgIpc) is 2.88. The second-order valence-corrected chi connectivity index (χ2v) is 6.41. The molecule has 2 aromatic rings. The van der Waals surface area contributed by atoms with E-state index in [0.29, 0.717) is 5.69 Å². The van der Waals surface area contributed by atoms with Gasteiger partial charge in [0.15, 0.2) is 0 Å². The highest BCUT2D eigenvalue weighted by Crippen LogP contribution is 2.17. The number of rotatable bonds is 3. The predicted octanol–water partition coefficient (Wildman–Crippen LogP) is 3.73. The summed E-state index contributed by atoms with van der Waals surface area (Å²) in [6.07, 6.45) is 8.21. The molecule has 5 heteroatoms. The lowest BCUT2D eigenvalue weighted by molar-refractivity contribution is 0.102. The van der Waals surface area contributed by atoms with E-state index in [2.05, 4.69) is 20.2 Å². The first kappa shape index (κ1) is 16.4. The summed E-state index contributed by atoms with van der Waals surface area (Å²) in [5, 5.41) is 2.88. The fraction of sp³-hybridized carbons (Fsp3) is 0.421. The van der Waals surface area contributed by atoms with E-state index < -0.39 is 0 Å². The van der Waals surface area contributed by atoms with Crippen molar-refractivity contribution >= 4 is 17.4 Å². The summed E-state index contributed by atoms with van der Waals surface area (Å²) in [5.41, 5.74) is 3.47. The van der Waals surface area contributed by atoms with Crippen LogP contribution in [-0.2, 0) is 0 Å². The number of hydrogen-bond donors (Lipinski definition) is 1. The summed E-state index contributed by atoms with van der Waals surface area (Å²) in [4.78, 5) is 23.3. The molecular weight excluding hydrogens is 300 g/mol. The van der Waals surface area contributed by atoms with E-state index in [9.17, 15) is 4.79 Å². The zero-order valence-corrected chi connectivity index (χ0v) is 14.4. The van der Waals surface area contributed by atoms with Crippen molar-refractivity contribution in [1.82, 2.24) is 9.97 Å². The molecule has 126 valence electrons. The molecule has 1 aliphatic heterocycles. The van der Waals surface area contributed by atoms with Crippen molar-refractivity contribution in [2.45, 2.75) is 39.5 Å². The molecule has 0 unspecified atom stereocenters. The molecule has 5 nitrogen and oxygen atoms in total. The van der Waals surface area contributed by atoms with Gasteiger partial charge in [-0.3, -0.25) is 4.79 Å². The van der Waals surface area contributed by atoms with E-state index in [1.54, 1.807) is 12.4 Å². The molecule has 1 aliphatic rings. The lowest BCUT2D eigenvalue weighted by Gasteiger charge is -2.20. The van der Waals surface area contributed by atoms with Gasteiger partial charge in [-0.1, -0.05) is 18.9 Å². The summed E-state index contributed by atoms with van der Waals surface area (Å²) < 4.78 is 0. The third-order valence-corrected chi connectivity index (χ3v) is 4.57. The standard InChI is InChI=1S/C19H24N4O/c1-14-7-8-16(11-15(14)2)22-19(24)17-12-21-18(13-20-17)23-9-5-3-4-6-10-23/h7-8,11-13H,3-6,9-10H2,1-2H3,(H,22,24). The second kappa shape index (κ2) is 7.43. The number of nitrogens with one attached hydrogen (secondary N) is 1. The molecule has 1 aromatic heterocycles. The largest absolute Gasteiger partial charge is 0.355 e. The van der Waals surface area contributed by atoms with Crippen molar-refractivity contribution in [3.05, 3.63) is 47.4 Å². The van der Waals surface area contributed by atoms with E-state index in [0.717, 1.165) is 30.2 Å². The molecule has 1 aromatic carbocycles. The first-order valence-corrected chi connectivity index (χ1v) is 8.59. The van der Waals surface area contributed by atoms with Crippen molar-refractivity contribution < 1.29 is 4.79 Å². The maximum absolute atomic E-state index is 12.3. The van der Waals surface area contributed by atoms with Gasteiger partial charge in [-0.25, -0.2) is 9.97 Å². The van der Waals surface area contributed by atoms with Crippen LogP contribution in [-0.4, -0.2) is 29.0 Å². The number of amides is 1. The number of hydrogen-bond acceptors (Lipinski definition) is 4. The third-order valence-electron chi connectivity index (χ3n) is 4.57. The number of benzene rings is 1. The van der Waals surface area contributed by atoms with Crippen LogP contribution >= 0.6 is 0 Å². The molecular formula is C19H24N4O. The molecule has 0 aliphatic carbocycles.